The molecule has 4 N–H and O–H groups in total. The zero-order valence-electron chi connectivity index (χ0n) is 9.50. The quantitative estimate of drug-likeness (QED) is 0.745. The Morgan fingerprint density at radius 1 is 1.53 bits per heavy atom. The first-order valence-electron chi connectivity index (χ1n) is 5.63. The van der Waals surface area contributed by atoms with Gasteiger partial charge in [0.15, 0.2) is 0 Å². The van der Waals surface area contributed by atoms with Crippen LogP contribution in [0.15, 0.2) is 24.3 Å². The first-order chi connectivity index (χ1) is 8.11. The van der Waals surface area contributed by atoms with E-state index in [4.69, 9.17) is 17.3 Å². The zero-order valence-corrected chi connectivity index (χ0v) is 10.3. The molecule has 0 saturated carbocycles. The van der Waals surface area contributed by atoms with E-state index in [-0.39, 0.29) is 11.4 Å². The van der Waals surface area contributed by atoms with Crippen LogP contribution in [-0.4, -0.2) is 31.1 Å². The largest absolute Gasteiger partial charge is 0.350 e. The monoisotopic (exact) mass is 253 g/mol. The van der Waals surface area contributed by atoms with Crippen LogP contribution in [0.5, 0.6) is 0 Å². The van der Waals surface area contributed by atoms with Crippen molar-refractivity contribution >= 4 is 17.5 Å². The van der Waals surface area contributed by atoms with Crippen molar-refractivity contribution in [2.75, 3.05) is 19.6 Å². The van der Waals surface area contributed by atoms with Gasteiger partial charge in [-0.3, -0.25) is 4.79 Å². The maximum absolute atomic E-state index is 11.9. The Labute approximate surface area is 106 Å². The van der Waals surface area contributed by atoms with Crippen LogP contribution in [0.2, 0.25) is 5.02 Å². The number of benzene rings is 1. The SMILES string of the molecule is N[C@@]1(CNC(=O)c2ccccc2Cl)CCNC1. The first-order valence-corrected chi connectivity index (χ1v) is 6.01. The normalized spacial score (nSPS) is 23.6. The van der Waals surface area contributed by atoms with E-state index in [0.717, 1.165) is 19.5 Å². The van der Waals surface area contributed by atoms with E-state index in [0.29, 0.717) is 17.1 Å². The molecule has 5 heteroatoms. The zero-order chi connectivity index (χ0) is 12.3. The molecule has 4 nitrogen and oxygen atoms in total. The fourth-order valence-corrected chi connectivity index (χ4v) is 2.13. The fraction of sp³-hybridized carbons (Fsp3) is 0.417. The third kappa shape index (κ3) is 2.97. The highest BCUT2D eigenvalue weighted by atomic mass is 35.5. The number of amides is 1. The van der Waals surface area contributed by atoms with Crippen LogP contribution in [0.1, 0.15) is 16.8 Å². The lowest BCUT2D eigenvalue weighted by Crippen LogP contribution is -2.51. The molecule has 1 atom stereocenters. The van der Waals surface area contributed by atoms with Gasteiger partial charge in [0.2, 0.25) is 0 Å². The third-order valence-corrected chi connectivity index (χ3v) is 3.33. The van der Waals surface area contributed by atoms with Gasteiger partial charge < -0.3 is 16.4 Å². The van der Waals surface area contributed by atoms with Crippen LogP contribution in [0.3, 0.4) is 0 Å². The summed E-state index contributed by atoms with van der Waals surface area (Å²) in [6.45, 7) is 2.10. The van der Waals surface area contributed by atoms with Crippen molar-refractivity contribution in [1.82, 2.24) is 10.6 Å². The molecule has 92 valence electrons. The van der Waals surface area contributed by atoms with Gasteiger partial charge in [-0.15, -0.1) is 0 Å². The topological polar surface area (TPSA) is 67.1 Å². The second-order valence-corrected chi connectivity index (χ2v) is 4.86. The molecule has 17 heavy (non-hydrogen) atoms. The highest BCUT2D eigenvalue weighted by Gasteiger charge is 2.29. The van der Waals surface area contributed by atoms with Gasteiger partial charge >= 0.3 is 0 Å². The average molecular weight is 254 g/mol. The van der Waals surface area contributed by atoms with Gasteiger partial charge in [-0.2, -0.15) is 0 Å². The molecule has 0 radical (unpaired) electrons. The summed E-state index contributed by atoms with van der Waals surface area (Å²) in [7, 11) is 0. The number of halogens is 1. The average Bonchev–Trinajstić information content (AvgIpc) is 2.74. The second kappa shape index (κ2) is 5.04. The standard InChI is InChI=1S/C12H16ClN3O/c13-10-4-2-1-3-9(10)11(17)16-8-12(14)5-6-15-7-12/h1-4,15H,5-8,14H2,(H,16,17)/t12-/m0/s1. The van der Waals surface area contributed by atoms with E-state index in [2.05, 4.69) is 10.6 Å². The number of nitrogens with one attached hydrogen (secondary N) is 2. The van der Waals surface area contributed by atoms with Gasteiger partial charge in [-0.25, -0.2) is 0 Å². The Morgan fingerprint density at radius 2 is 2.29 bits per heavy atom. The Balaban J connectivity index is 1.96. The summed E-state index contributed by atoms with van der Waals surface area (Å²) in [6, 6.07) is 6.99. The second-order valence-electron chi connectivity index (χ2n) is 4.45. The molecule has 1 aromatic rings. The maximum atomic E-state index is 11.9. The van der Waals surface area contributed by atoms with Crippen LogP contribution in [0.4, 0.5) is 0 Å². The minimum atomic E-state index is -0.336. The maximum Gasteiger partial charge on any atom is 0.252 e. The highest BCUT2D eigenvalue weighted by Crippen LogP contribution is 2.15. The number of carbonyl (C=O) groups is 1. The number of carbonyl (C=O) groups excluding carboxylic acids is 1. The molecule has 0 unspecified atom stereocenters. The summed E-state index contributed by atoms with van der Waals surface area (Å²) in [5.74, 6) is -0.174. The summed E-state index contributed by atoms with van der Waals surface area (Å²) in [4.78, 5) is 11.9. The van der Waals surface area contributed by atoms with Crippen molar-refractivity contribution in [3.8, 4) is 0 Å². The molecule has 1 aromatic carbocycles. The van der Waals surface area contributed by atoms with Crippen molar-refractivity contribution < 1.29 is 4.79 Å². The molecule has 0 aromatic heterocycles. The number of rotatable bonds is 3. The van der Waals surface area contributed by atoms with E-state index < -0.39 is 0 Å². The molecule has 1 aliphatic heterocycles. The molecule has 1 amide bonds. The Hall–Kier alpha value is -1.10. The van der Waals surface area contributed by atoms with Crippen LogP contribution < -0.4 is 16.4 Å². The van der Waals surface area contributed by atoms with Crippen LogP contribution in [-0.2, 0) is 0 Å². The minimum Gasteiger partial charge on any atom is -0.350 e. The number of hydrogen-bond donors (Lipinski definition) is 3. The molecule has 1 fully saturated rings. The van der Waals surface area contributed by atoms with Crippen molar-refractivity contribution in [3.05, 3.63) is 34.9 Å². The van der Waals surface area contributed by atoms with E-state index in [1.165, 1.54) is 0 Å². The van der Waals surface area contributed by atoms with E-state index in [1.54, 1.807) is 24.3 Å². The molecular formula is C12H16ClN3O. The molecule has 0 aliphatic carbocycles. The molecule has 1 saturated heterocycles. The molecule has 0 bridgehead atoms. The molecule has 1 heterocycles. The summed E-state index contributed by atoms with van der Waals surface area (Å²) < 4.78 is 0. The molecule has 2 rings (SSSR count). The minimum absolute atomic E-state index is 0.174. The Morgan fingerprint density at radius 3 is 2.94 bits per heavy atom. The number of nitrogens with two attached hydrogens (primary N) is 1. The van der Waals surface area contributed by atoms with Crippen molar-refractivity contribution in [2.24, 2.45) is 5.73 Å². The summed E-state index contributed by atoms with van der Waals surface area (Å²) in [5, 5.41) is 6.48. The van der Waals surface area contributed by atoms with Gasteiger partial charge in [-0.05, 0) is 25.1 Å². The van der Waals surface area contributed by atoms with Gasteiger partial charge in [-0.1, -0.05) is 23.7 Å². The number of hydrogen-bond acceptors (Lipinski definition) is 3. The lowest BCUT2D eigenvalue weighted by atomic mass is 10.0. The summed E-state index contributed by atoms with van der Waals surface area (Å²) in [6.07, 6.45) is 0.871. The molecular weight excluding hydrogens is 238 g/mol. The van der Waals surface area contributed by atoms with Gasteiger partial charge in [0.1, 0.15) is 0 Å². The predicted octanol–water partition coefficient (Wildman–Crippen LogP) is 0.761. The summed E-state index contributed by atoms with van der Waals surface area (Å²) >= 11 is 5.94. The van der Waals surface area contributed by atoms with Gasteiger partial charge in [0.25, 0.3) is 5.91 Å². The van der Waals surface area contributed by atoms with E-state index in [1.807, 2.05) is 0 Å². The molecule has 1 aliphatic rings. The lowest BCUT2D eigenvalue weighted by Gasteiger charge is -2.23. The first kappa shape index (κ1) is 12.4. The fourth-order valence-electron chi connectivity index (χ4n) is 1.91. The van der Waals surface area contributed by atoms with E-state index in [9.17, 15) is 4.79 Å². The summed E-state index contributed by atoms with van der Waals surface area (Å²) in [5.41, 5.74) is 6.27. The van der Waals surface area contributed by atoms with E-state index >= 15 is 0 Å². The van der Waals surface area contributed by atoms with Crippen LogP contribution >= 0.6 is 11.6 Å². The van der Waals surface area contributed by atoms with Gasteiger partial charge in [0, 0.05) is 18.6 Å². The van der Waals surface area contributed by atoms with Gasteiger partial charge in [0.05, 0.1) is 10.6 Å². The van der Waals surface area contributed by atoms with Crippen LogP contribution in [0.25, 0.3) is 0 Å². The predicted molar refractivity (Wildman–Crippen MR) is 68.2 cm³/mol. The smallest absolute Gasteiger partial charge is 0.252 e. The Kier molecular flexibility index (Phi) is 3.66. The molecule has 0 spiro atoms. The van der Waals surface area contributed by atoms with Crippen molar-refractivity contribution in [2.45, 2.75) is 12.0 Å². The van der Waals surface area contributed by atoms with Crippen LogP contribution in [0, 0.1) is 0 Å². The highest BCUT2D eigenvalue weighted by molar-refractivity contribution is 6.33. The van der Waals surface area contributed by atoms with Crippen molar-refractivity contribution in [3.63, 3.8) is 0 Å². The lowest BCUT2D eigenvalue weighted by molar-refractivity contribution is 0.0945. The Bertz CT molecular complexity index is 416. The third-order valence-electron chi connectivity index (χ3n) is 3.00. The van der Waals surface area contributed by atoms with Crippen molar-refractivity contribution in [1.29, 1.82) is 0 Å².